The van der Waals surface area contributed by atoms with Gasteiger partial charge in [0.05, 0.1) is 0 Å². The number of aryl methyl sites for hydroxylation is 1. The van der Waals surface area contributed by atoms with E-state index >= 15 is 0 Å². The first-order valence-electron chi connectivity index (χ1n) is 4.67. The van der Waals surface area contributed by atoms with Gasteiger partial charge in [0.15, 0.2) is 0 Å². The first-order valence-corrected chi connectivity index (χ1v) is 5.21. The molecule has 1 atom stereocenters. The van der Waals surface area contributed by atoms with Crippen LogP contribution in [0.2, 0.25) is 0 Å². The average molecular weight is 230 g/mol. The summed E-state index contributed by atoms with van der Waals surface area (Å²) in [5.74, 6) is -0.446. The highest BCUT2D eigenvalue weighted by molar-refractivity contribution is 6.19. The number of anilines is 1. The van der Waals surface area contributed by atoms with Crippen LogP contribution in [0.1, 0.15) is 12.5 Å². The van der Waals surface area contributed by atoms with Crippen LogP contribution >= 0.6 is 11.6 Å². The molecule has 2 nitrogen and oxygen atoms in total. The van der Waals surface area contributed by atoms with Crippen molar-refractivity contribution in [3.8, 4) is 0 Å². The lowest BCUT2D eigenvalue weighted by Gasteiger charge is -2.11. The van der Waals surface area contributed by atoms with Crippen molar-refractivity contribution in [1.82, 2.24) is 0 Å². The lowest BCUT2D eigenvalue weighted by Crippen LogP contribution is -2.21. The van der Waals surface area contributed by atoms with Gasteiger partial charge in [-0.3, -0.25) is 4.79 Å². The number of amides is 1. The first kappa shape index (κ1) is 12.0. The predicted octanol–water partition coefficient (Wildman–Crippen LogP) is 2.95. The summed E-state index contributed by atoms with van der Waals surface area (Å²) in [6.45, 7) is 3.48. The maximum atomic E-state index is 12.8. The minimum atomic E-state index is -0.309. The van der Waals surface area contributed by atoms with Crippen molar-refractivity contribution in [3.63, 3.8) is 0 Å². The molecule has 1 rings (SSSR count). The Labute approximate surface area is 93.4 Å². The predicted molar refractivity (Wildman–Crippen MR) is 59.7 cm³/mol. The molecule has 15 heavy (non-hydrogen) atoms. The third-order valence-corrected chi connectivity index (χ3v) is 2.59. The summed E-state index contributed by atoms with van der Waals surface area (Å²) in [5.41, 5.74) is 1.32. The number of carbonyl (C=O) groups excluding carboxylic acids is 1. The summed E-state index contributed by atoms with van der Waals surface area (Å²) < 4.78 is 12.8. The number of rotatable bonds is 3. The van der Waals surface area contributed by atoms with Gasteiger partial charge >= 0.3 is 0 Å². The van der Waals surface area contributed by atoms with Gasteiger partial charge in [-0.05, 0) is 30.7 Å². The highest BCUT2D eigenvalue weighted by atomic mass is 35.5. The summed E-state index contributed by atoms with van der Waals surface area (Å²) in [7, 11) is 0. The fourth-order valence-electron chi connectivity index (χ4n) is 1.09. The van der Waals surface area contributed by atoms with Gasteiger partial charge in [-0.1, -0.05) is 6.92 Å². The molecule has 1 unspecified atom stereocenters. The van der Waals surface area contributed by atoms with E-state index in [1.165, 1.54) is 12.1 Å². The van der Waals surface area contributed by atoms with Gasteiger partial charge in [0.2, 0.25) is 5.91 Å². The molecule has 0 heterocycles. The molecule has 0 aliphatic carbocycles. The molecular formula is C11H13ClFNO. The van der Waals surface area contributed by atoms with Crippen LogP contribution in [0.15, 0.2) is 18.2 Å². The summed E-state index contributed by atoms with van der Waals surface area (Å²) in [6.07, 6.45) is 0. The van der Waals surface area contributed by atoms with Crippen LogP contribution in [0.4, 0.5) is 10.1 Å². The van der Waals surface area contributed by atoms with Crippen LogP contribution in [0, 0.1) is 18.7 Å². The van der Waals surface area contributed by atoms with Crippen LogP contribution in [-0.4, -0.2) is 11.8 Å². The number of alkyl halides is 1. The van der Waals surface area contributed by atoms with E-state index in [4.69, 9.17) is 11.6 Å². The molecule has 1 aromatic carbocycles. The fraction of sp³-hybridized carbons (Fsp3) is 0.364. The number of benzene rings is 1. The van der Waals surface area contributed by atoms with Crippen molar-refractivity contribution in [2.75, 3.05) is 11.2 Å². The van der Waals surface area contributed by atoms with E-state index < -0.39 is 0 Å². The van der Waals surface area contributed by atoms with Crippen molar-refractivity contribution in [3.05, 3.63) is 29.6 Å². The Morgan fingerprint density at radius 2 is 2.27 bits per heavy atom. The molecule has 1 aromatic rings. The molecule has 0 saturated carbocycles. The van der Waals surface area contributed by atoms with Crippen LogP contribution in [-0.2, 0) is 4.79 Å². The van der Waals surface area contributed by atoms with Gasteiger partial charge in [-0.2, -0.15) is 0 Å². The van der Waals surface area contributed by atoms with Gasteiger partial charge in [-0.25, -0.2) is 4.39 Å². The Morgan fingerprint density at radius 3 is 2.80 bits per heavy atom. The second-order valence-corrected chi connectivity index (χ2v) is 3.81. The summed E-state index contributed by atoms with van der Waals surface area (Å²) in [4.78, 5) is 11.5. The van der Waals surface area contributed by atoms with E-state index in [1.807, 2.05) is 0 Å². The quantitative estimate of drug-likeness (QED) is 0.794. The average Bonchev–Trinajstić information content (AvgIpc) is 2.20. The normalized spacial score (nSPS) is 12.3. The Bertz CT molecular complexity index is 368. The molecule has 0 aliphatic heterocycles. The minimum Gasteiger partial charge on any atom is -0.326 e. The second kappa shape index (κ2) is 5.12. The molecule has 0 aliphatic rings. The Hall–Kier alpha value is -1.09. The Kier molecular flexibility index (Phi) is 4.09. The van der Waals surface area contributed by atoms with Gasteiger partial charge in [0, 0.05) is 17.5 Å². The summed E-state index contributed by atoms with van der Waals surface area (Å²) >= 11 is 5.56. The van der Waals surface area contributed by atoms with E-state index in [0.717, 1.165) is 0 Å². The number of hydrogen-bond acceptors (Lipinski definition) is 1. The molecule has 0 bridgehead atoms. The SMILES string of the molecule is Cc1cc(F)ccc1NC(=O)C(C)CCl. The monoisotopic (exact) mass is 229 g/mol. The molecule has 1 N–H and O–H groups in total. The van der Waals surface area contributed by atoms with E-state index in [0.29, 0.717) is 11.3 Å². The zero-order chi connectivity index (χ0) is 11.4. The highest BCUT2D eigenvalue weighted by Crippen LogP contribution is 2.16. The molecule has 4 heteroatoms. The molecule has 0 aromatic heterocycles. The Morgan fingerprint density at radius 1 is 1.60 bits per heavy atom. The van der Waals surface area contributed by atoms with Crippen LogP contribution in [0.3, 0.4) is 0 Å². The van der Waals surface area contributed by atoms with Gasteiger partial charge in [0.1, 0.15) is 5.82 Å². The van der Waals surface area contributed by atoms with Crippen molar-refractivity contribution < 1.29 is 9.18 Å². The van der Waals surface area contributed by atoms with E-state index in [2.05, 4.69) is 5.32 Å². The standard InChI is InChI=1S/C11H13ClFNO/c1-7-5-9(13)3-4-10(7)14-11(15)8(2)6-12/h3-5,8H,6H2,1-2H3,(H,14,15). The molecule has 0 fully saturated rings. The van der Waals surface area contributed by atoms with Gasteiger partial charge in [-0.15, -0.1) is 11.6 Å². The second-order valence-electron chi connectivity index (χ2n) is 3.50. The minimum absolute atomic E-state index is 0.153. The summed E-state index contributed by atoms with van der Waals surface area (Å²) in [6, 6.07) is 4.23. The smallest absolute Gasteiger partial charge is 0.228 e. The molecular weight excluding hydrogens is 217 g/mol. The molecule has 1 amide bonds. The lowest BCUT2D eigenvalue weighted by atomic mass is 10.1. The zero-order valence-corrected chi connectivity index (χ0v) is 9.44. The van der Waals surface area contributed by atoms with Crippen molar-refractivity contribution in [1.29, 1.82) is 0 Å². The number of hydrogen-bond donors (Lipinski definition) is 1. The molecule has 0 spiro atoms. The zero-order valence-electron chi connectivity index (χ0n) is 8.68. The van der Waals surface area contributed by atoms with Crippen LogP contribution in [0.25, 0.3) is 0 Å². The molecule has 0 radical (unpaired) electrons. The van der Waals surface area contributed by atoms with Gasteiger partial charge < -0.3 is 5.32 Å². The number of nitrogens with one attached hydrogen (secondary N) is 1. The highest BCUT2D eigenvalue weighted by Gasteiger charge is 2.12. The van der Waals surface area contributed by atoms with E-state index in [1.54, 1.807) is 19.9 Å². The fourth-order valence-corrected chi connectivity index (χ4v) is 1.23. The third-order valence-electron chi connectivity index (χ3n) is 2.13. The number of carbonyl (C=O) groups is 1. The largest absolute Gasteiger partial charge is 0.326 e. The maximum Gasteiger partial charge on any atom is 0.228 e. The van der Waals surface area contributed by atoms with Crippen LogP contribution < -0.4 is 5.32 Å². The van der Waals surface area contributed by atoms with E-state index in [-0.39, 0.29) is 23.5 Å². The lowest BCUT2D eigenvalue weighted by molar-refractivity contribution is -0.118. The van der Waals surface area contributed by atoms with Crippen molar-refractivity contribution >= 4 is 23.2 Å². The topological polar surface area (TPSA) is 29.1 Å². The van der Waals surface area contributed by atoms with Crippen molar-refractivity contribution in [2.45, 2.75) is 13.8 Å². The molecule has 82 valence electrons. The van der Waals surface area contributed by atoms with Gasteiger partial charge in [0.25, 0.3) is 0 Å². The maximum absolute atomic E-state index is 12.8. The van der Waals surface area contributed by atoms with Crippen LogP contribution in [0.5, 0.6) is 0 Å². The number of halogens is 2. The summed E-state index contributed by atoms with van der Waals surface area (Å²) in [5, 5.41) is 2.70. The Balaban J connectivity index is 2.77. The van der Waals surface area contributed by atoms with Crippen molar-refractivity contribution in [2.24, 2.45) is 5.92 Å². The molecule has 0 saturated heterocycles. The first-order chi connectivity index (χ1) is 7.04. The third kappa shape index (κ3) is 3.20. The van der Waals surface area contributed by atoms with E-state index in [9.17, 15) is 9.18 Å².